The molecule has 2 fully saturated rings. The summed E-state index contributed by atoms with van der Waals surface area (Å²) in [5.41, 5.74) is 1.27. The van der Waals surface area contributed by atoms with E-state index >= 15 is 0 Å². The van der Waals surface area contributed by atoms with Gasteiger partial charge in [-0.05, 0) is 42.2 Å². The summed E-state index contributed by atoms with van der Waals surface area (Å²) in [6.45, 7) is 5.24. The van der Waals surface area contributed by atoms with E-state index in [-0.39, 0.29) is 28.1 Å². The SMILES string of the molecule is CC(C)(CNC(=O)C1(c2ccccc2)CC1)CNC(=O)C1(c2ccccc2)CC1. The van der Waals surface area contributed by atoms with E-state index in [1.54, 1.807) is 0 Å². The average molecular weight is 391 g/mol. The summed E-state index contributed by atoms with van der Waals surface area (Å²) in [4.78, 5) is 25.7. The maximum absolute atomic E-state index is 12.9. The largest absolute Gasteiger partial charge is 0.355 e. The average Bonchev–Trinajstić information content (AvgIpc) is 3.65. The summed E-state index contributed by atoms with van der Waals surface area (Å²) in [5.74, 6) is 0.206. The normalized spacial score (nSPS) is 18.6. The van der Waals surface area contributed by atoms with Crippen molar-refractivity contribution in [3.8, 4) is 0 Å². The lowest BCUT2D eigenvalue weighted by Gasteiger charge is -2.28. The van der Waals surface area contributed by atoms with E-state index in [4.69, 9.17) is 0 Å². The van der Waals surface area contributed by atoms with E-state index in [0.717, 1.165) is 36.8 Å². The molecule has 0 bridgehead atoms. The van der Waals surface area contributed by atoms with E-state index in [0.29, 0.717) is 13.1 Å². The van der Waals surface area contributed by atoms with E-state index in [2.05, 4.69) is 24.5 Å². The van der Waals surface area contributed by atoms with Crippen LogP contribution in [0.3, 0.4) is 0 Å². The molecule has 2 N–H and O–H groups in total. The Bertz CT molecular complexity index is 808. The smallest absolute Gasteiger partial charge is 0.230 e. The molecular weight excluding hydrogens is 360 g/mol. The summed E-state index contributed by atoms with van der Waals surface area (Å²) in [6, 6.07) is 20.1. The van der Waals surface area contributed by atoms with E-state index < -0.39 is 0 Å². The fraction of sp³-hybridized carbons (Fsp3) is 0.440. The highest BCUT2D eigenvalue weighted by Crippen LogP contribution is 2.49. The minimum atomic E-state index is -0.355. The number of rotatable bonds is 8. The Balaban J connectivity index is 1.31. The van der Waals surface area contributed by atoms with E-state index in [1.165, 1.54) is 0 Å². The number of benzene rings is 2. The molecule has 0 atom stereocenters. The summed E-state index contributed by atoms with van der Waals surface area (Å²) in [6.07, 6.45) is 3.61. The minimum absolute atomic E-state index is 0.103. The van der Waals surface area contributed by atoms with Crippen molar-refractivity contribution >= 4 is 11.8 Å². The number of hydrogen-bond donors (Lipinski definition) is 2. The molecule has 0 unspecified atom stereocenters. The van der Waals surface area contributed by atoms with Crippen LogP contribution in [-0.4, -0.2) is 24.9 Å². The van der Waals surface area contributed by atoms with Crippen LogP contribution in [0.1, 0.15) is 50.7 Å². The van der Waals surface area contributed by atoms with Crippen LogP contribution in [0.4, 0.5) is 0 Å². The molecule has 0 saturated heterocycles. The van der Waals surface area contributed by atoms with Crippen molar-refractivity contribution in [2.45, 2.75) is 50.4 Å². The molecular formula is C25H30N2O2. The quantitative estimate of drug-likeness (QED) is 0.722. The molecule has 2 aliphatic rings. The number of carbonyl (C=O) groups is 2. The van der Waals surface area contributed by atoms with Crippen LogP contribution in [0.2, 0.25) is 0 Å². The third kappa shape index (κ3) is 3.93. The van der Waals surface area contributed by atoms with Crippen LogP contribution >= 0.6 is 0 Å². The fourth-order valence-corrected chi connectivity index (χ4v) is 4.10. The molecule has 4 nitrogen and oxygen atoms in total. The van der Waals surface area contributed by atoms with Crippen molar-refractivity contribution in [3.05, 3.63) is 71.8 Å². The van der Waals surface area contributed by atoms with Crippen LogP contribution in [0.25, 0.3) is 0 Å². The summed E-state index contributed by atoms with van der Waals surface area (Å²) < 4.78 is 0. The van der Waals surface area contributed by atoms with Crippen molar-refractivity contribution in [1.29, 1.82) is 0 Å². The number of carbonyl (C=O) groups excluding carboxylic acids is 2. The van der Waals surface area contributed by atoms with Gasteiger partial charge >= 0.3 is 0 Å². The highest BCUT2D eigenvalue weighted by atomic mass is 16.2. The molecule has 2 amide bonds. The second kappa shape index (κ2) is 7.33. The lowest BCUT2D eigenvalue weighted by atomic mass is 9.90. The van der Waals surface area contributed by atoms with Gasteiger partial charge in [0.1, 0.15) is 0 Å². The Morgan fingerprint density at radius 3 is 1.38 bits per heavy atom. The van der Waals surface area contributed by atoms with Crippen LogP contribution in [0.5, 0.6) is 0 Å². The van der Waals surface area contributed by atoms with Crippen molar-refractivity contribution < 1.29 is 9.59 Å². The number of amides is 2. The van der Waals surface area contributed by atoms with Gasteiger partial charge in [-0.15, -0.1) is 0 Å². The van der Waals surface area contributed by atoms with Gasteiger partial charge in [0.05, 0.1) is 10.8 Å². The molecule has 0 spiro atoms. The van der Waals surface area contributed by atoms with Crippen molar-refractivity contribution in [3.63, 3.8) is 0 Å². The second-order valence-corrected chi connectivity index (χ2v) is 9.43. The van der Waals surface area contributed by atoms with Gasteiger partial charge in [-0.1, -0.05) is 74.5 Å². The van der Waals surface area contributed by atoms with Crippen molar-refractivity contribution in [2.24, 2.45) is 5.41 Å². The molecule has 0 heterocycles. The fourth-order valence-electron chi connectivity index (χ4n) is 4.10. The standard InChI is InChI=1S/C25H30N2O2/c1-23(2,17-26-21(28)24(13-14-24)19-9-5-3-6-10-19)18-27-22(29)25(15-16-25)20-11-7-4-8-12-20/h3-12H,13-18H2,1-2H3,(H,26,28)(H,27,29). The number of hydrogen-bond acceptors (Lipinski definition) is 2. The first-order chi connectivity index (χ1) is 13.9. The monoisotopic (exact) mass is 390 g/mol. The van der Waals surface area contributed by atoms with Crippen molar-refractivity contribution in [2.75, 3.05) is 13.1 Å². The predicted octanol–water partition coefficient (Wildman–Crippen LogP) is 3.71. The van der Waals surface area contributed by atoms with Crippen LogP contribution < -0.4 is 10.6 Å². The Morgan fingerprint density at radius 1 is 0.724 bits per heavy atom. The third-order valence-electron chi connectivity index (χ3n) is 6.48. The first-order valence-electron chi connectivity index (χ1n) is 10.6. The first-order valence-corrected chi connectivity index (χ1v) is 10.6. The molecule has 0 radical (unpaired) electrons. The molecule has 2 aromatic carbocycles. The molecule has 2 aromatic rings. The molecule has 152 valence electrons. The van der Waals surface area contributed by atoms with Gasteiger partial charge in [0.2, 0.25) is 11.8 Å². The van der Waals surface area contributed by atoms with Gasteiger partial charge in [-0.25, -0.2) is 0 Å². The second-order valence-electron chi connectivity index (χ2n) is 9.43. The summed E-state index contributed by atoms with van der Waals surface area (Å²) >= 11 is 0. The molecule has 0 aliphatic heterocycles. The minimum Gasteiger partial charge on any atom is -0.355 e. The lowest BCUT2D eigenvalue weighted by Crippen LogP contribution is -2.46. The Hall–Kier alpha value is -2.62. The maximum atomic E-state index is 12.9. The summed E-state index contributed by atoms with van der Waals surface area (Å²) in [5, 5.41) is 6.29. The van der Waals surface area contributed by atoms with Crippen LogP contribution in [0, 0.1) is 5.41 Å². The Labute approximate surface area is 173 Å². The van der Waals surface area contributed by atoms with Crippen LogP contribution in [-0.2, 0) is 20.4 Å². The predicted molar refractivity (Wildman–Crippen MR) is 115 cm³/mol. The van der Waals surface area contributed by atoms with Crippen molar-refractivity contribution in [1.82, 2.24) is 10.6 Å². The van der Waals surface area contributed by atoms with Crippen LogP contribution in [0.15, 0.2) is 60.7 Å². The zero-order valence-electron chi connectivity index (χ0n) is 17.3. The zero-order chi connectivity index (χ0) is 20.5. The molecule has 4 heteroatoms. The number of nitrogens with one attached hydrogen (secondary N) is 2. The third-order valence-corrected chi connectivity index (χ3v) is 6.48. The molecule has 4 rings (SSSR count). The zero-order valence-corrected chi connectivity index (χ0v) is 17.3. The van der Waals surface area contributed by atoms with Gasteiger partial charge in [0.15, 0.2) is 0 Å². The van der Waals surface area contributed by atoms with Gasteiger partial charge < -0.3 is 10.6 Å². The topological polar surface area (TPSA) is 58.2 Å². The maximum Gasteiger partial charge on any atom is 0.230 e. The van der Waals surface area contributed by atoms with Gasteiger partial charge in [-0.2, -0.15) is 0 Å². The Morgan fingerprint density at radius 2 is 1.07 bits per heavy atom. The lowest BCUT2D eigenvalue weighted by molar-refractivity contribution is -0.124. The van der Waals surface area contributed by atoms with E-state index in [9.17, 15) is 9.59 Å². The van der Waals surface area contributed by atoms with Gasteiger partial charge in [0.25, 0.3) is 0 Å². The van der Waals surface area contributed by atoms with E-state index in [1.807, 2.05) is 60.7 Å². The van der Waals surface area contributed by atoms with Gasteiger partial charge in [0, 0.05) is 13.1 Å². The summed E-state index contributed by atoms with van der Waals surface area (Å²) in [7, 11) is 0. The Kier molecular flexibility index (Phi) is 4.97. The highest BCUT2D eigenvalue weighted by molar-refractivity contribution is 5.92. The molecule has 0 aromatic heterocycles. The highest BCUT2D eigenvalue weighted by Gasteiger charge is 2.52. The molecule has 2 saturated carbocycles. The molecule has 29 heavy (non-hydrogen) atoms. The first kappa shape index (κ1) is 19.7. The van der Waals surface area contributed by atoms with Gasteiger partial charge in [-0.3, -0.25) is 9.59 Å². The molecule has 2 aliphatic carbocycles.